The van der Waals surface area contributed by atoms with Gasteiger partial charge < -0.3 is 10.2 Å². The Morgan fingerprint density at radius 3 is 2.94 bits per heavy atom. The zero-order valence-corrected chi connectivity index (χ0v) is 11.8. The lowest BCUT2D eigenvalue weighted by atomic mass is 9.99. The Morgan fingerprint density at radius 1 is 1.33 bits per heavy atom. The smallest absolute Gasteiger partial charge is 0.236 e. The van der Waals surface area contributed by atoms with Gasteiger partial charge in [-0.2, -0.15) is 0 Å². The van der Waals surface area contributed by atoms with Gasteiger partial charge in [-0.3, -0.25) is 9.69 Å². The molecular formula is C14H27N3O. The third-order valence-corrected chi connectivity index (χ3v) is 4.40. The minimum Gasteiger partial charge on any atom is -0.339 e. The third kappa shape index (κ3) is 3.45. The fourth-order valence-corrected chi connectivity index (χ4v) is 2.90. The average Bonchev–Trinajstić information content (AvgIpc) is 2.43. The molecular weight excluding hydrogens is 226 g/mol. The summed E-state index contributed by atoms with van der Waals surface area (Å²) < 4.78 is 0. The molecule has 2 heterocycles. The molecule has 0 saturated carbocycles. The first-order valence-corrected chi connectivity index (χ1v) is 7.46. The van der Waals surface area contributed by atoms with Crippen molar-refractivity contribution in [2.75, 3.05) is 32.7 Å². The van der Waals surface area contributed by atoms with E-state index < -0.39 is 0 Å². The van der Waals surface area contributed by atoms with E-state index in [0.717, 1.165) is 26.1 Å². The molecule has 0 spiro atoms. The van der Waals surface area contributed by atoms with Gasteiger partial charge in [-0.05, 0) is 32.7 Å². The predicted molar refractivity (Wildman–Crippen MR) is 73.5 cm³/mol. The first-order valence-electron chi connectivity index (χ1n) is 7.46. The second kappa shape index (κ2) is 6.53. The van der Waals surface area contributed by atoms with Crippen LogP contribution in [-0.4, -0.2) is 60.5 Å². The number of nitrogens with zero attached hydrogens (tertiary/aromatic N) is 2. The van der Waals surface area contributed by atoms with E-state index in [4.69, 9.17) is 0 Å². The first kappa shape index (κ1) is 13.8. The SMILES string of the molecule is CCC(C)NCC(=O)N1CCN2CCCCC2C1. The van der Waals surface area contributed by atoms with Gasteiger partial charge in [0.05, 0.1) is 6.54 Å². The van der Waals surface area contributed by atoms with Gasteiger partial charge in [0, 0.05) is 31.7 Å². The van der Waals surface area contributed by atoms with Gasteiger partial charge in [0.25, 0.3) is 0 Å². The highest BCUT2D eigenvalue weighted by atomic mass is 16.2. The van der Waals surface area contributed by atoms with Crippen LogP contribution in [0, 0.1) is 0 Å². The quantitative estimate of drug-likeness (QED) is 0.814. The van der Waals surface area contributed by atoms with E-state index in [0.29, 0.717) is 18.6 Å². The van der Waals surface area contributed by atoms with Gasteiger partial charge in [0.15, 0.2) is 0 Å². The van der Waals surface area contributed by atoms with Crippen molar-refractivity contribution in [3.63, 3.8) is 0 Å². The summed E-state index contributed by atoms with van der Waals surface area (Å²) in [6.45, 7) is 8.94. The molecule has 0 aliphatic carbocycles. The van der Waals surface area contributed by atoms with E-state index in [1.54, 1.807) is 0 Å². The number of piperazine rings is 1. The summed E-state index contributed by atoms with van der Waals surface area (Å²) in [5.41, 5.74) is 0. The van der Waals surface area contributed by atoms with E-state index in [2.05, 4.69) is 29.0 Å². The number of amides is 1. The summed E-state index contributed by atoms with van der Waals surface area (Å²) in [6.07, 6.45) is 5.00. The maximum Gasteiger partial charge on any atom is 0.236 e. The highest BCUT2D eigenvalue weighted by Gasteiger charge is 2.30. The average molecular weight is 253 g/mol. The minimum atomic E-state index is 0.278. The summed E-state index contributed by atoms with van der Waals surface area (Å²) in [5, 5.41) is 3.30. The molecule has 104 valence electrons. The van der Waals surface area contributed by atoms with Crippen LogP contribution in [0.1, 0.15) is 39.5 Å². The van der Waals surface area contributed by atoms with Crippen LogP contribution in [0.2, 0.25) is 0 Å². The van der Waals surface area contributed by atoms with Gasteiger partial charge in [0.2, 0.25) is 5.91 Å². The number of piperidine rings is 1. The second-order valence-electron chi connectivity index (χ2n) is 5.72. The highest BCUT2D eigenvalue weighted by molar-refractivity contribution is 5.78. The van der Waals surface area contributed by atoms with Crippen molar-refractivity contribution in [2.24, 2.45) is 0 Å². The van der Waals surface area contributed by atoms with Crippen molar-refractivity contribution in [2.45, 2.75) is 51.6 Å². The molecule has 2 saturated heterocycles. The van der Waals surface area contributed by atoms with Crippen molar-refractivity contribution in [1.29, 1.82) is 0 Å². The summed E-state index contributed by atoms with van der Waals surface area (Å²) in [7, 11) is 0. The van der Waals surface area contributed by atoms with E-state index >= 15 is 0 Å². The number of rotatable bonds is 4. The molecule has 0 radical (unpaired) electrons. The molecule has 0 aromatic heterocycles. The Hall–Kier alpha value is -0.610. The first-order chi connectivity index (χ1) is 8.70. The highest BCUT2D eigenvalue weighted by Crippen LogP contribution is 2.20. The lowest BCUT2D eigenvalue weighted by Gasteiger charge is -2.44. The number of nitrogens with one attached hydrogen (secondary N) is 1. The van der Waals surface area contributed by atoms with Crippen molar-refractivity contribution in [1.82, 2.24) is 15.1 Å². The zero-order valence-electron chi connectivity index (χ0n) is 11.8. The van der Waals surface area contributed by atoms with Gasteiger partial charge in [-0.25, -0.2) is 0 Å². The second-order valence-corrected chi connectivity index (χ2v) is 5.72. The molecule has 2 aliphatic rings. The molecule has 1 N–H and O–H groups in total. The zero-order chi connectivity index (χ0) is 13.0. The normalized spacial score (nSPS) is 26.8. The summed E-state index contributed by atoms with van der Waals surface area (Å²) >= 11 is 0. The van der Waals surface area contributed by atoms with Crippen LogP contribution in [0.5, 0.6) is 0 Å². The van der Waals surface area contributed by atoms with Crippen molar-refractivity contribution >= 4 is 5.91 Å². The fraction of sp³-hybridized carbons (Fsp3) is 0.929. The van der Waals surface area contributed by atoms with Gasteiger partial charge in [-0.1, -0.05) is 13.3 Å². The summed E-state index contributed by atoms with van der Waals surface area (Å²) in [4.78, 5) is 16.8. The van der Waals surface area contributed by atoms with Crippen LogP contribution < -0.4 is 5.32 Å². The molecule has 0 aromatic rings. The molecule has 0 bridgehead atoms. The van der Waals surface area contributed by atoms with E-state index in [-0.39, 0.29) is 5.91 Å². The fourth-order valence-electron chi connectivity index (χ4n) is 2.90. The molecule has 2 unspecified atom stereocenters. The van der Waals surface area contributed by atoms with Crippen molar-refractivity contribution in [3.05, 3.63) is 0 Å². The number of fused-ring (bicyclic) bond motifs is 1. The Balaban J connectivity index is 1.77. The maximum absolute atomic E-state index is 12.1. The van der Waals surface area contributed by atoms with Gasteiger partial charge in [-0.15, -0.1) is 0 Å². The molecule has 2 aliphatic heterocycles. The van der Waals surface area contributed by atoms with Crippen LogP contribution >= 0.6 is 0 Å². The minimum absolute atomic E-state index is 0.278. The number of hydrogen-bond donors (Lipinski definition) is 1. The van der Waals surface area contributed by atoms with Crippen LogP contribution in [0.4, 0.5) is 0 Å². The molecule has 18 heavy (non-hydrogen) atoms. The molecule has 2 atom stereocenters. The van der Waals surface area contributed by atoms with Crippen LogP contribution in [0.15, 0.2) is 0 Å². The van der Waals surface area contributed by atoms with Crippen LogP contribution in [0.25, 0.3) is 0 Å². The topological polar surface area (TPSA) is 35.6 Å². The van der Waals surface area contributed by atoms with Gasteiger partial charge in [0.1, 0.15) is 0 Å². The molecule has 2 rings (SSSR count). The number of hydrogen-bond acceptors (Lipinski definition) is 3. The molecule has 4 nitrogen and oxygen atoms in total. The molecule has 1 amide bonds. The van der Waals surface area contributed by atoms with E-state index in [9.17, 15) is 4.79 Å². The van der Waals surface area contributed by atoms with Crippen LogP contribution in [0.3, 0.4) is 0 Å². The Bertz CT molecular complexity index is 282. The Labute approximate surface area is 111 Å². The largest absolute Gasteiger partial charge is 0.339 e. The van der Waals surface area contributed by atoms with E-state index in [1.807, 2.05) is 0 Å². The number of carbonyl (C=O) groups is 1. The lowest BCUT2D eigenvalue weighted by Crippen LogP contribution is -2.57. The monoisotopic (exact) mass is 253 g/mol. The summed E-state index contributed by atoms with van der Waals surface area (Å²) in [5.74, 6) is 0.278. The van der Waals surface area contributed by atoms with Crippen LogP contribution in [-0.2, 0) is 4.79 Å². The predicted octanol–water partition coefficient (Wildman–Crippen LogP) is 1.07. The molecule has 4 heteroatoms. The van der Waals surface area contributed by atoms with Crippen molar-refractivity contribution in [3.8, 4) is 0 Å². The Kier molecular flexibility index (Phi) is 5.01. The van der Waals surface area contributed by atoms with Crippen molar-refractivity contribution < 1.29 is 4.79 Å². The summed E-state index contributed by atoms with van der Waals surface area (Å²) in [6, 6.07) is 1.06. The van der Waals surface area contributed by atoms with Gasteiger partial charge >= 0.3 is 0 Å². The Morgan fingerprint density at radius 2 is 2.17 bits per heavy atom. The molecule has 2 fully saturated rings. The molecule has 0 aromatic carbocycles. The number of carbonyl (C=O) groups excluding carboxylic acids is 1. The third-order valence-electron chi connectivity index (χ3n) is 4.40. The maximum atomic E-state index is 12.1. The standard InChI is InChI=1S/C14H27N3O/c1-3-12(2)15-10-14(18)17-9-8-16-7-5-4-6-13(16)11-17/h12-13,15H,3-11H2,1-2H3. The van der Waals surface area contributed by atoms with E-state index in [1.165, 1.54) is 25.8 Å². The lowest BCUT2D eigenvalue weighted by molar-refractivity contribution is -0.133.